The monoisotopic (exact) mass is 212 g/mol. The van der Waals surface area contributed by atoms with Gasteiger partial charge in [0.05, 0.1) is 6.54 Å². The normalized spacial score (nSPS) is 29.1. The summed E-state index contributed by atoms with van der Waals surface area (Å²) in [6, 6.07) is 0. The summed E-state index contributed by atoms with van der Waals surface area (Å²) in [5, 5.41) is 12.3. The molecule has 0 aromatic heterocycles. The second-order valence-corrected chi connectivity index (χ2v) is 3.98. The van der Waals surface area contributed by atoms with Gasteiger partial charge < -0.3 is 14.8 Å². The van der Waals surface area contributed by atoms with Crippen LogP contribution in [-0.4, -0.2) is 46.3 Å². The Labute approximate surface area is 86.5 Å². The minimum Gasteiger partial charge on any atom is -0.477 e. The van der Waals surface area contributed by atoms with Gasteiger partial charge in [-0.15, -0.1) is 0 Å². The molecule has 0 aliphatic carbocycles. The van der Waals surface area contributed by atoms with Crippen LogP contribution in [-0.2, 0) is 14.4 Å². The lowest BCUT2D eigenvalue weighted by molar-refractivity contribution is -0.130. The van der Waals surface area contributed by atoms with E-state index in [1.807, 2.05) is 0 Å². The van der Waals surface area contributed by atoms with E-state index in [2.05, 4.69) is 5.16 Å². The van der Waals surface area contributed by atoms with Crippen molar-refractivity contribution >= 4 is 17.6 Å². The van der Waals surface area contributed by atoms with Crippen molar-refractivity contribution in [2.75, 3.05) is 13.1 Å². The van der Waals surface area contributed by atoms with Crippen molar-refractivity contribution in [2.24, 2.45) is 5.16 Å². The van der Waals surface area contributed by atoms with Crippen LogP contribution in [0.1, 0.15) is 19.8 Å². The van der Waals surface area contributed by atoms with E-state index in [9.17, 15) is 9.59 Å². The lowest BCUT2D eigenvalue weighted by Crippen LogP contribution is -2.36. The molecule has 0 bridgehead atoms. The van der Waals surface area contributed by atoms with Crippen molar-refractivity contribution in [3.05, 3.63) is 0 Å². The molecule has 1 spiro atoms. The van der Waals surface area contributed by atoms with Crippen LogP contribution in [0.15, 0.2) is 5.16 Å². The number of carbonyl (C=O) groups excluding carboxylic acids is 1. The number of carboxylic acids is 1. The maximum Gasteiger partial charge on any atom is 0.353 e. The molecule has 15 heavy (non-hydrogen) atoms. The van der Waals surface area contributed by atoms with Crippen molar-refractivity contribution in [2.45, 2.75) is 25.4 Å². The molecule has 1 atom stereocenters. The molecule has 0 aromatic carbocycles. The number of aliphatic carboxylic acids is 1. The molecule has 1 saturated heterocycles. The van der Waals surface area contributed by atoms with Gasteiger partial charge in [0.1, 0.15) is 0 Å². The van der Waals surface area contributed by atoms with E-state index >= 15 is 0 Å². The third-order valence-electron chi connectivity index (χ3n) is 2.85. The third kappa shape index (κ3) is 1.67. The molecule has 1 amide bonds. The molecule has 1 fully saturated rings. The molecule has 2 aliphatic rings. The fraction of sp³-hybridized carbons (Fsp3) is 0.667. The van der Waals surface area contributed by atoms with Crippen LogP contribution in [0.3, 0.4) is 0 Å². The summed E-state index contributed by atoms with van der Waals surface area (Å²) in [4.78, 5) is 28.6. The Morgan fingerprint density at radius 3 is 2.80 bits per heavy atom. The van der Waals surface area contributed by atoms with Crippen LogP contribution >= 0.6 is 0 Å². The molecule has 2 heterocycles. The lowest BCUT2D eigenvalue weighted by atomic mass is 9.97. The van der Waals surface area contributed by atoms with Crippen LogP contribution in [0.2, 0.25) is 0 Å². The molecule has 6 heteroatoms. The van der Waals surface area contributed by atoms with Crippen molar-refractivity contribution in [1.82, 2.24) is 4.90 Å². The quantitative estimate of drug-likeness (QED) is 0.655. The van der Waals surface area contributed by atoms with Crippen molar-refractivity contribution < 1.29 is 19.5 Å². The minimum atomic E-state index is -1.05. The zero-order valence-corrected chi connectivity index (χ0v) is 8.39. The molecule has 2 aliphatic heterocycles. The van der Waals surface area contributed by atoms with Crippen molar-refractivity contribution in [3.8, 4) is 0 Å². The number of nitrogens with zero attached hydrogens (tertiary/aromatic N) is 2. The standard InChI is InChI=1S/C9H12N2O4/c1-6(12)11-3-2-9(5-11)4-7(8(13)14)10-15-9/h2-5H2,1H3,(H,13,14). The largest absolute Gasteiger partial charge is 0.477 e. The summed E-state index contributed by atoms with van der Waals surface area (Å²) < 4.78 is 0. The summed E-state index contributed by atoms with van der Waals surface area (Å²) in [7, 11) is 0. The average Bonchev–Trinajstić information content (AvgIpc) is 2.74. The van der Waals surface area contributed by atoms with Gasteiger partial charge in [-0.3, -0.25) is 4.79 Å². The summed E-state index contributed by atoms with van der Waals surface area (Å²) in [5.74, 6) is -1.06. The number of likely N-dealkylation sites (tertiary alicyclic amines) is 1. The highest BCUT2D eigenvalue weighted by Gasteiger charge is 2.47. The van der Waals surface area contributed by atoms with Crippen LogP contribution < -0.4 is 0 Å². The van der Waals surface area contributed by atoms with Crippen molar-refractivity contribution in [1.29, 1.82) is 0 Å². The van der Waals surface area contributed by atoms with E-state index in [4.69, 9.17) is 9.94 Å². The summed E-state index contributed by atoms with van der Waals surface area (Å²) in [6.45, 7) is 2.54. The van der Waals surface area contributed by atoms with Gasteiger partial charge in [-0.1, -0.05) is 5.16 Å². The van der Waals surface area contributed by atoms with E-state index in [0.29, 0.717) is 19.5 Å². The first-order chi connectivity index (χ1) is 7.02. The predicted octanol–water partition coefficient (Wildman–Crippen LogP) is -0.162. The van der Waals surface area contributed by atoms with Gasteiger partial charge in [0.25, 0.3) is 0 Å². The minimum absolute atomic E-state index is 0.0146. The first kappa shape index (κ1) is 9.95. The van der Waals surface area contributed by atoms with Gasteiger partial charge in [-0.2, -0.15) is 0 Å². The maximum absolute atomic E-state index is 11.1. The molecule has 0 aromatic rings. The van der Waals surface area contributed by atoms with E-state index in [0.717, 1.165) is 0 Å². The number of carbonyl (C=O) groups is 2. The van der Waals surface area contributed by atoms with E-state index in [1.54, 1.807) is 4.90 Å². The number of carboxylic acid groups (broad SMARTS) is 1. The maximum atomic E-state index is 11.1. The van der Waals surface area contributed by atoms with E-state index in [1.165, 1.54) is 6.92 Å². The Balaban J connectivity index is 2.03. The first-order valence-corrected chi connectivity index (χ1v) is 4.76. The highest BCUT2D eigenvalue weighted by atomic mass is 16.7. The lowest BCUT2D eigenvalue weighted by Gasteiger charge is -2.20. The Hall–Kier alpha value is -1.59. The first-order valence-electron chi connectivity index (χ1n) is 4.76. The van der Waals surface area contributed by atoms with Gasteiger partial charge >= 0.3 is 5.97 Å². The third-order valence-corrected chi connectivity index (χ3v) is 2.85. The van der Waals surface area contributed by atoms with Crippen LogP contribution in [0.25, 0.3) is 0 Å². The van der Waals surface area contributed by atoms with Gasteiger partial charge in [-0.25, -0.2) is 4.79 Å². The SMILES string of the molecule is CC(=O)N1CCC2(CC(C(=O)O)=NO2)C1. The molecule has 2 rings (SSSR count). The second-order valence-electron chi connectivity index (χ2n) is 3.98. The fourth-order valence-electron chi connectivity index (χ4n) is 1.97. The Kier molecular flexibility index (Phi) is 2.13. The Morgan fingerprint density at radius 1 is 1.60 bits per heavy atom. The highest BCUT2D eigenvalue weighted by Crippen LogP contribution is 2.33. The Bertz CT molecular complexity index is 352. The molecule has 0 saturated carbocycles. The Morgan fingerprint density at radius 2 is 2.33 bits per heavy atom. The number of hydrogen-bond donors (Lipinski definition) is 1. The molecular formula is C9H12N2O4. The van der Waals surface area contributed by atoms with Crippen LogP contribution in [0.5, 0.6) is 0 Å². The molecular weight excluding hydrogens is 200 g/mol. The number of rotatable bonds is 1. The zero-order valence-electron chi connectivity index (χ0n) is 8.39. The highest BCUT2D eigenvalue weighted by molar-refractivity contribution is 6.36. The van der Waals surface area contributed by atoms with Gasteiger partial charge in [-0.05, 0) is 0 Å². The molecule has 6 nitrogen and oxygen atoms in total. The average molecular weight is 212 g/mol. The van der Waals surface area contributed by atoms with Gasteiger partial charge in [0.15, 0.2) is 11.3 Å². The smallest absolute Gasteiger partial charge is 0.353 e. The molecule has 1 N–H and O–H groups in total. The molecule has 0 radical (unpaired) electrons. The van der Waals surface area contributed by atoms with E-state index < -0.39 is 11.6 Å². The van der Waals surface area contributed by atoms with Gasteiger partial charge in [0.2, 0.25) is 5.91 Å². The van der Waals surface area contributed by atoms with Gasteiger partial charge in [0, 0.05) is 26.3 Å². The fourth-order valence-corrected chi connectivity index (χ4v) is 1.97. The number of oxime groups is 1. The summed E-state index contributed by atoms with van der Waals surface area (Å²) >= 11 is 0. The van der Waals surface area contributed by atoms with Crippen LogP contribution in [0.4, 0.5) is 0 Å². The molecule has 82 valence electrons. The van der Waals surface area contributed by atoms with Crippen LogP contribution in [0, 0.1) is 0 Å². The number of hydrogen-bond acceptors (Lipinski definition) is 4. The predicted molar refractivity (Wildman–Crippen MR) is 50.4 cm³/mol. The number of amides is 1. The van der Waals surface area contributed by atoms with Crippen molar-refractivity contribution in [3.63, 3.8) is 0 Å². The second kappa shape index (κ2) is 3.22. The molecule has 1 unspecified atom stereocenters. The zero-order chi connectivity index (χ0) is 11.1. The van der Waals surface area contributed by atoms with E-state index in [-0.39, 0.29) is 18.0 Å². The summed E-state index contributed by atoms with van der Waals surface area (Å²) in [5.41, 5.74) is -0.542. The topological polar surface area (TPSA) is 79.2 Å². The summed E-state index contributed by atoms with van der Waals surface area (Å²) in [6.07, 6.45) is 0.930.